The maximum Gasteiger partial charge on any atom is 0.0680 e. The Morgan fingerprint density at radius 1 is 0.221 bits per heavy atom. The summed E-state index contributed by atoms with van der Waals surface area (Å²) in [5.41, 5.74) is -0.0479. The Kier molecular flexibility index (Phi) is 142. The summed E-state index contributed by atoms with van der Waals surface area (Å²) in [4.78, 5) is 0. The Balaban J connectivity index is -0.00000103. The van der Waals surface area contributed by atoms with Crippen molar-refractivity contribution in [2.75, 3.05) is 58.9 Å². The van der Waals surface area contributed by atoms with Gasteiger partial charge in [-0.3, -0.25) is 0 Å². The zero-order chi connectivity index (χ0) is 101. The van der Waals surface area contributed by atoms with Gasteiger partial charge in [0.25, 0.3) is 0 Å². The van der Waals surface area contributed by atoms with E-state index in [0.29, 0.717) is 0 Å². The molecule has 0 spiro atoms. The molecule has 0 aliphatic rings. The van der Waals surface area contributed by atoms with Crippen LogP contribution in [0.1, 0.15) is 23.0 Å². The maximum absolute atomic E-state index is 10.3. The molecule has 0 bridgehead atoms. The summed E-state index contributed by atoms with van der Waals surface area (Å²) in [6, 6.07) is 0. The van der Waals surface area contributed by atoms with Crippen molar-refractivity contribution in [2.45, 2.75) is 20.3 Å². The van der Waals surface area contributed by atoms with E-state index in [2.05, 4.69) is 544 Å². The first-order valence-corrected chi connectivity index (χ1v) is 234. The number of rotatable bonds is 57. The summed E-state index contributed by atoms with van der Waals surface area (Å²) in [5, 5.41) is 0. The van der Waals surface area contributed by atoms with E-state index in [4.69, 9.17) is 2.74 Å². The van der Waals surface area contributed by atoms with Crippen LogP contribution >= 0.6 is 899 Å². The van der Waals surface area contributed by atoms with E-state index >= 15 is 0 Å². The van der Waals surface area contributed by atoms with E-state index in [0.717, 1.165) is 31.2 Å². The fourth-order valence-electron chi connectivity index (χ4n) is 6.80. The quantitative estimate of drug-likeness (QED) is 0.0421. The highest BCUT2D eigenvalue weighted by Crippen LogP contribution is 3.50. The molecule has 0 aliphatic heterocycles. The Morgan fingerprint density at radius 3 is 0.475 bits per heavy atom. The van der Waals surface area contributed by atoms with Crippen LogP contribution in [0, 0.1) is 0 Å². The summed E-state index contributed by atoms with van der Waals surface area (Å²) in [6.07, 6.45) is 1.36. The molecule has 0 N–H and O–H groups in total. The van der Waals surface area contributed by atoms with Gasteiger partial charge in [-0.15, -0.1) is 446 Å². The third-order valence-corrected chi connectivity index (χ3v) is 759. The Morgan fingerprint density at radius 2 is 0.369 bits per heavy atom. The molecule has 0 aromatic carbocycles. The zero-order valence-electron chi connectivity index (χ0n) is 70.6. The van der Waals surface area contributed by atoms with Crippen LogP contribution in [0.2, 0.25) is 0 Å². The predicted molar refractivity (Wildman–Crippen MR) is 989 cm³/mol. The van der Waals surface area contributed by atoms with Crippen molar-refractivity contribution >= 4 is 899 Å². The molecule has 69 unspecified atom stereocenters. The fourth-order valence-corrected chi connectivity index (χ4v) is 1520. The third-order valence-electron chi connectivity index (χ3n) is 10.7. The van der Waals surface area contributed by atoms with E-state index < -0.39 is 22.8 Å². The molecule has 122 heavy (non-hydrogen) atoms. The van der Waals surface area contributed by atoms with Crippen molar-refractivity contribution in [1.29, 1.82) is 2.56 Å². The SMILES string of the molecule is [2H]C(C)P(C)I.[2H]C(CC)P(C)I.[2H]P(PC)P(P(P)P)P(P(P(P)P)P(P)P)P(P(P(P)P)P(P)P(C)C)P(P(P(P(P)P)P(P)P)P(P(P)P)P(P)P)P(P(P(P)P)P(P)P)P(P(P)P)P(P)P.[2H]P(PC)P(P(P)P)P(P(P(P)P)P(P)P)P(P(P(P)P)P(P)PC)P(P(P(P(P)P)P(P)P)P(P(P)P)P(P)P)P(P(P(P)P)P(P)P)P(P(P)P)P(P)P. The van der Waals surface area contributed by atoms with Crippen LogP contribution in [0.4, 0.5) is 0 Å². The molecule has 0 aliphatic carbocycles. The molecule has 0 heterocycles. The first kappa shape index (κ1) is 168. The van der Waals surface area contributed by atoms with Gasteiger partial charge in [-0.2, -0.15) is 0 Å². The van der Waals surface area contributed by atoms with Crippen molar-refractivity contribution in [3.8, 4) is 0 Å². The van der Waals surface area contributed by atoms with Gasteiger partial charge in [0, 0.05) is 2.74 Å². The second kappa shape index (κ2) is 103. The van der Waals surface area contributed by atoms with E-state index in [1.807, 2.05) is 6.92 Å². The van der Waals surface area contributed by atoms with Gasteiger partial charge in [0.1, 0.15) is 0 Å². The molecule has 110 heteroatoms. The molecule has 0 radical (unpaired) electrons. The van der Waals surface area contributed by atoms with Crippen molar-refractivity contribution in [1.82, 2.24) is 0 Å². The largest absolute Gasteiger partial charge is 0.102 e. The molecular weight excluding hydrogens is 3740 g/mol. The molecule has 740 valence electrons. The summed E-state index contributed by atoms with van der Waals surface area (Å²) in [6.45, 7) is 8.58. The van der Waals surface area contributed by atoms with Crippen LogP contribution in [0.25, 0.3) is 0 Å². The van der Waals surface area contributed by atoms with Crippen LogP contribution in [-0.4, -0.2) is 61.5 Å². The zero-order valence-corrected chi connectivity index (χ0v) is 181. The molecule has 0 saturated carbocycles. The minimum absolute atomic E-state index is 0.0228. The van der Waals surface area contributed by atoms with E-state index in [9.17, 15) is 2.56 Å². The highest BCUT2D eigenvalue weighted by atomic mass is 127. The van der Waals surface area contributed by atoms with Gasteiger partial charge in [0.15, 0.2) is 0 Å². The van der Waals surface area contributed by atoms with Gasteiger partial charge in [0.05, 0.1) is 2.56 Å². The summed E-state index contributed by atoms with van der Waals surface area (Å²) in [7, 11) is 177. The maximum atomic E-state index is 10.3. The minimum atomic E-state index is -0.741. The first-order valence-electron chi connectivity index (χ1n) is 31.7. The van der Waals surface area contributed by atoms with Crippen LogP contribution in [0.15, 0.2) is 0 Å². The van der Waals surface area contributed by atoms with Gasteiger partial charge in [-0.25, -0.2) is 0 Å². The highest BCUT2D eigenvalue weighted by molar-refractivity contribution is 14.2. The van der Waals surface area contributed by atoms with Gasteiger partial charge < -0.3 is 0 Å². The monoisotopic (exact) mass is 3890 g/mol. The number of hydrogen-bond acceptors (Lipinski definition) is 0. The van der Waals surface area contributed by atoms with Crippen LogP contribution in [0.3, 0.4) is 0 Å². The van der Waals surface area contributed by atoms with Crippen molar-refractivity contribution in [2.24, 2.45) is 0 Å². The molecule has 0 amide bonds. The molecular formula is C12H138I2P108. The van der Waals surface area contributed by atoms with Crippen LogP contribution < -0.4 is 0 Å². The number of halogens is 2. The predicted octanol–water partition coefficient (Wildman–Crippen LogP) is 69.3. The molecule has 0 fully saturated rings. The Labute approximate surface area is 967 Å². The topological polar surface area (TPSA) is 0 Å². The van der Waals surface area contributed by atoms with Crippen molar-refractivity contribution in [3.05, 3.63) is 0 Å². The summed E-state index contributed by atoms with van der Waals surface area (Å²) < 4.78 is 34.9. The molecule has 0 nitrogen and oxygen atoms in total. The molecule has 0 saturated heterocycles. The average Bonchev–Trinajstić information content (AvgIpc) is 0.733. The van der Waals surface area contributed by atoms with Gasteiger partial charge in [0.2, 0.25) is 0 Å². The minimum Gasteiger partial charge on any atom is -0.102 e. The number of hydrogen-bond donors (Lipinski definition) is 0. The lowest BCUT2D eigenvalue weighted by Crippen LogP contribution is -1.72. The van der Waals surface area contributed by atoms with E-state index in [1.54, 1.807) is 0 Å². The van der Waals surface area contributed by atoms with E-state index in [-0.39, 0.29) is 373 Å². The third kappa shape index (κ3) is 70.9. The normalized spacial score (nSPS) is 18.5. The highest BCUT2D eigenvalue weighted by Gasteiger charge is 2.63. The van der Waals surface area contributed by atoms with Crippen molar-refractivity contribution in [3.63, 3.8) is 0 Å². The lowest BCUT2D eigenvalue weighted by Gasteiger charge is -2.59. The Hall–Kier alpha value is 47.9. The lowest BCUT2D eigenvalue weighted by molar-refractivity contribution is 1.10. The first-order chi connectivity index (χ1) is 57.3. The summed E-state index contributed by atoms with van der Waals surface area (Å²) in [5.74, 6) is 0. The average molecular weight is 3890 g/mol. The van der Waals surface area contributed by atoms with Gasteiger partial charge >= 0.3 is 0 Å². The van der Waals surface area contributed by atoms with Crippen LogP contribution in [-0.2, 0) is 0 Å². The standard InChI is InChI=1S/C4H10IP.C3H8IP.C3H61P53.C2H59P53/c1-3-4-6(2)5;1-3-5(2)4;1-29-30-45(32(4)5)52(46(33(6)7)34(8)9)55(51(43(26)27)44(28)31(2)3)56(53(47(35(10)11)36(12)13)48(37(14)15)38(16)17)54(49(39(18)19)40(20)21)50(41(22)23)42(24)25;1-28-30-44(31(3)4)51(45(32(5)6)33(7)8)54(50(42(25)26)43(27)29-2)55(52(46(34(9)10)35(11)12)47(36(13)14)37(15)16)53(48(38(17)18)39(19)20)49(40(21)22)41(23)24/h3-4H2,1-2H3;3H2,1-2H3;29-30H,4-28H2,1-3H3;28-30H,3-27H2,1-2H3/i4D;3D;2*30D. The van der Waals surface area contributed by atoms with Gasteiger partial charge in [-0.1, -0.05) is 113 Å². The molecule has 0 aromatic heterocycles. The lowest BCUT2D eigenvalue weighted by atomic mass is 10.6. The second-order valence-electron chi connectivity index (χ2n) is 19.8. The smallest absolute Gasteiger partial charge is 0.0680 e. The molecule has 69 atom stereocenters. The second-order valence-corrected chi connectivity index (χ2v) is 468. The van der Waals surface area contributed by atoms with E-state index in [1.165, 1.54) is 0 Å². The molecule has 0 rings (SSSR count). The molecule has 0 aromatic rings. The van der Waals surface area contributed by atoms with Gasteiger partial charge in [-0.05, 0) is 419 Å². The Bertz CT molecular complexity index is 2390. The van der Waals surface area contributed by atoms with Crippen LogP contribution in [0.5, 0.6) is 0 Å². The van der Waals surface area contributed by atoms with Crippen molar-refractivity contribution < 1.29 is 2.74 Å². The fraction of sp³-hybridized carbons (Fsp3) is 1.00. The summed E-state index contributed by atoms with van der Waals surface area (Å²) >= 11 is 4.66.